The minimum absolute atomic E-state index is 0.322. The van der Waals surface area contributed by atoms with E-state index < -0.39 is 92.6 Å². The van der Waals surface area contributed by atoms with Crippen LogP contribution in [-0.2, 0) is 39.2 Å². The van der Waals surface area contributed by atoms with Crippen molar-refractivity contribution in [1.82, 2.24) is 4.31 Å². The van der Waals surface area contributed by atoms with Gasteiger partial charge in [0.05, 0.1) is 5.92 Å². The molecule has 0 unspecified atom stereocenters. The first-order valence-electron chi connectivity index (χ1n) is 10.7. The van der Waals surface area contributed by atoms with Crippen molar-refractivity contribution in [2.75, 3.05) is 19.7 Å². The summed E-state index contributed by atoms with van der Waals surface area (Å²) in [4.78, 5) is 24.2. The molecule has 18 heteroatoms. The number of ether oxygens (including phenoxy) is 2. The number of hydrogen-bond donors (Lipinski definition) is 0. The lowest BCUT2D eigenvalue weighted by Crippen LogP contribution is -2.63. The van der Waals surface area contributed by atoms with Crippen molar-refractivity contribution >= 4 is 32.1 Å². The third kappa shape index (κ3) is 5.45. The molecule has 0 amide bonds. The van der Waals surface area contributed by atoms with Crippen LogP contribution in [0.25, 0.3) is 0 Å². The van der Waals surface area contributed by atoms with Crippen molar-refractivity contribution in [1.29, 1.82) is 0 Å². The topological polar surface area (TPSA) is 147 Å². The van der Waals surface area contributed by atoms with Gasteiger partial charge >= 0.3 is 28.4 Å². The van der Waals surface area contributed by atoms with Crippen LogP contribution in [0.3, 0.4) is 0 Å². The van der Waals surface area contributed by atoms with Crippen molar-refractivity contribution in [2.45, 2.75) is 73.9 Å². The Kier molecular flexibility index (Phi) is 8.70. The second-order valence-corrected chi connectivity index (χ2v) is 12.0. The number of carbonyl (C=O) groups is 2. The highest BCUT2D eigenvalue weighted by Crippen LogP contribution is 2.51. The van der Waals surface area contributed by atoms with Crippen LogP contribution in [0.15, 0.2) is 0 Å². The zero-order chi connectivity index (χ0) is 27.8. The van der Waals surface area contributed by atoms with Crippen molar-refractivity contribution < 1.29 is 66.8 Å². The van der Waals surface area contributed by atoms with Crippen LogP contribution in [0.4, 0.5) is 26.3 Å². The van der Waals surface area contributed by atoms with Crippen molar-refractivity contribution in [3.8, 4) is 0 Å². The first kappa shape index (κ1) is 30.6. The van der Waals surface area contributed by atoms with E-state index in [9.17, 15) is 57.3 Å². The van der Waals surface area contributed by atoms with E-state index in [1.165, 1.54) is 0 Å². The van der Waals surface area contributed by atoms with Gasteiger partial charge in [-0.15, -0.1) is 0 Å². The average Bonchev–Trinajstić information content (AvgIpc) is 3.25. The molecule has 1 aliphatic heterocycles. The van der Waals surface area contributed by atoms with Crippen molar-refractivity contribution in [2.24, 2.45) is 5.92 Å². The maximum atomic E-state index is 14.1. The summed E-state index contributed by atoms with van der Waals surface area (Å²) in [6.45, 7) is -0.992. The number of piperidine rings is 1. The van der Waals surface area contributed by atoms with E-state index in [0.29, 0.717) is 19.3 Å². The molecule has 0 spiro atoms. The summed E-state index contributed by atoms with van der Waals surface area (Å²) in [6, 6.07) is 0. The quantitative estimate of drug-likeness (QED) is 0.217. The number of nitrogens with zero attached hydrogens (tertiary/aromatic N) is 1. The van der Waals surface area contributed by atoms with Gasteiger partial charge in [0.1, 0.15) is 5.60 Å². The number of sulfonamides is 1. The number of esters is 2. The Labute approximate surface area is 203 Å². The first-order chi connectivity index (χ1) is 16.3. The van der Waals surface area contributed by atoms with Crippen LogP contribution in [0.2, 0.25) is 0 Å². The number of rotatable bonds is 10. The lowest BCUT2D eigenvalue weighted by Gasteiger charge is -2.37. The molecule has 0 aromatic carbocycles. The van der Waals surface area contributed by atoms with Crippen molar-refractivity contribution in [3.05, 3.63) is 0 Å². The van der Waals surface area contributed by atoms with Gasteiger partial charge in [-0.1, -0.05) is 6.92 Å². The molecule has 36 heavy (non-hydrogen) atoms. The molecule has 1 heterocycles. The highest BCUT2D eigenvalue weighted by atomic mass is 32.2. The highest BCUT2D eigenvalue weighted by molar-refractivity contribution is 7.90. The Morgan fingerprint density at radius 3 is 1.92 bits per heavy atom. The Morgan fingerprint density at radius 1 is 0.972 bits per heavy atom. The summed E-state index contributed by atoms with van der Waals surface area (Å²) in [7, 11) is -14.0. The minimum Gasteiger partial charge on any atom is -0.743 e. The van der Waals surface area contributed by atoms with Crippen LogP contribution >= 0.6 is 0 Å². The number of halogens is 6. The molecule has 0 radical (unpaired) electrons. The average molecular weight is 577 g/mol. The lowest BCUT2D eigenvalue weighted by molar-refractivity contribution is -0.247. The minimum atomic E-state index is -7.38. The van der Waals surface area contributed by atoms with E-state index in [2.05, 4.69) is 0 Å². The van der Waals surface area contributed by atoms with E-state index in [1.54, 1.807) is 0 Å². The predicted molar refractivity (Wildman–Crippen MR) is 106 cm³/mol. The molecule has 1 aliphatic carbocycles. The molecule has 0 N–H and O–H groups in total. The summed E-state index contributed by atoms with van der Waals surface area (Å²) in [5.41, 5.74) is -0.654. The Hall–Kier alpha value is -1.66. The summed E-state index contributed by atoms with van der Waals surface area (Å²) in [5.74, 6) is -10.1. The largest absolute Gasteiger partial charge is 0.743 e. The summed E-state index contributed by atoms with van der Waals surface area (Å²) >= 11 is 0. The molecule has 1 saturated heterocycles. The SMILES string of the molecule is CCC1(OC(=O)COC(=O)C2CCN(S(=O)(=O)C(F)(F)C(F)(F)C(F)(F)S(=O)(=O)[O-])CC2)CCCC1. The molecule has 2 fully saturated rings. The van der Waals surface area contributed by atoms with Crippen LogP contribution in [-0.4, -0.2) is 79.4 Å². The maximum Gasteiger partial charge on any atom is 0.428 e. The van der Waals surface area contributed by atoms with Crippen LogP contribution in [0.5, 0.6) is 0 Å². The standard InChI is InChI=1S/C18H25F6NO9S2/c1-2-15(7-3-4-8-15)34-13(26)11-33-14(27)12-5-9-25(10-6-12)35(28,29)17(21,22)16(19,20)18(23,24)36(30,31)32/h12H,2-11H2,1H3,(H,30,31,32)/p-1. The second kappa shape index (κ2) is 10.2. The Balaban J connectivity index is 2.00. The molecule has 1 saturated carbocycles. The van der Waals surface area contributed by atoms with Crippen LogP contribution in [0, 0.1) is 5.92 Å². The number of alkyl halides is 6. The molecular formula is C18H24F6NO9S2-. The van der Waals surface area contributed by atoms with E-state index in [1.807, 2.05) is 6.92 Å². The fourth-order valence-corrected chi connectivity index (χ4v) is 6.02. The smallest absolute Gasteiger partial charge is 0.428 e. The molecule has 0 aromatic rings. The summed E-state index contributed by atoms with van der Waals surface area (Å²) in [5, 5.41) is -13.6. The summed E-state index contributed by atoms with van der Waals surface area (Å²) < 4.78 is 147. The van der Waals surface area contributed by atoms with E-state index in [4.69, 9.17) is 9.47 Å². The Morgan fingerprint density at radius 2 is 1.47 bits per heavy atom. The zero-order valence-corrected chi connectivity index (χ0v) is 20.5. The predicted octanol–water partition coefficient (Wildman–Crippen LogP) is 2.20. The summed E-state index contributed by atoms with van der Waals surface area (Å²) in [6.07, 6.45) is 2.43. The first-order valence-corrected chi connectivity index (χ1v) is 13.6. The highest BCUT2D eigenvalue weighted by Gasteiger charge is 2.80. The van der Waals surface area contributed by atoms with Gasteiger partial charge in [-0.3, -0.25) is 4.79 Å². The van der Waals surface area contributed by atoms with Gasteiger partial charge in [0.2, 0.25) is 0 Å². The zero-order valence-electron chi connectivity index (χ0n) is 18.9. The van der Waals surface area contributed by atoms with Gasteiger partial charge in [0.15, 0.2) is 16.7 Å². The van der Waals surface area contributed by atoms with Crippen LogP contribution in [0.1, 0.15) is 51.9 Å². The van der Waals surface area contributed by atoms with Gasteiger partial charge in [-0.2, -0.15) is 30.6 Å². The fourth-order valence-electron chi connectivity index (χ4n) is 4.05. The normalized spacial score (nSPS) is 20.8. The molecule has 0 bridgehead atoms. The molecule has 10 nitrogen and oxygen atoms in total. The van der Waals surface area contributed by atoms with Gasteiger partial charge in [-0.25, -0.2) is 21.6 Å². The number of carbonyl (C=O) groups excluding carboxylic acids is 2. The molecule has 2 aliphatic rings. The number of hydrogen-bond acceptors (Lipinski definition) is 9. The fraction of sp³-hybridized carbons (Fsp3) is 0.889. The van der Waals surface area contributed by atoms with Crippen LogP contribution < -0.4 is 0 Å². The second-order valence-electron chi connectivity index (χ2n) is 8.57. The molecular weight excluding hydrogens is 552 g/mol. The third-order valence-corrected chi connectivity index (χ3v) is 9.15. The van der Waals surface area contributed by atoms with E-state index in [-0.39, 0.29) is 4.31 Å². The monoisotopic (exact) mass is 576 g/mol. The van der Waals surface area contributed by atoms with Gasteiger partial charge in [0.25, 0.3) is 10.0 Å². The molecule has 0 atom stereocenters. The molecule has 0 aromatic heterocycles. The van der Waals surface area contributed by atoms with Crippen molar-refractivity contribution in [3.63, 3.8) is 0 Å². The van der Waals surface area contributed by atoms with E-state index >= 15 is 0 Å². The molecule has 2 rings (SSSR count). The third-order valence-electron chi connectivity index (χ3n) is 6.32. The maximum absolute atomic E-state index is 14.1. The molecule has 210 valence electrons. The Bertz CT molecular complexity index is 1050. The van der Waals surface area contributed by atoms with Gasteiger partial charge in [0, 0.05) is 13.1 Å². The van der Waals surface area contributed by atoms with Gasteiger partial charge in [-0.05, 0) is 44.9 Å². The lowest BCUT2D eigenvalue weighted by atomic mass is 9.98. The van der Waals surface area contributed by atoms with Gasteiger partial charge < -0.3 is 14.0 Å². The van der Waals surface area contributed by atoms with E-state index in [0.717, 1.165) is 12.8 Å².